The van der Waals surface area contributed by atoms with Crippen LogP contribution in [0.5, 0.6) is 0 Å². The van der Waals surface area contributed by atoms with Crippen LogP contribution in [0.4, 0.5) is 4.79 Å². The first-order valence-corrected chi connectivity index (χ1v) is 5.91. The smallest absolute Gasteiger partial charge is 0.332 e. The molecule has 92 valence electrons. The summed E-state index contributed by atoms with van der Waals surface area (Å²) >= 11 is 0. The van der Waals surface area contributed by atoms with Crippen LogP contribution in [0.25, 0.3) is 0 Å². The Morgan fingerprint density at radius 3 is 2.59 bits per heavy atom. The number of amides is 2. The van der Waals surface area contributed by atoms with Gasteiger partial charge in [0.1, 0.15) is 0 Å². The Balaban J connectivity index is 2.72. The maximum absolute atomic E-state index is 10.7. The molecule has 0 aliphatic carbocycles. The van der Waals surface area contributed by atoms with E-state index in [1.54, 1.807) is 0 Å². The summed E-state index contributed by atoms with van der Waals surface area (Å²) in [7, 11) is 0. The first-order valence-electron chi connectivity index (χ1n) is 5.91. The topological polar surface area (TPSA) is 67.5 Å². The fourth-order valence-corrected chi connectivity index (χ4v) is 1.56. The minimum atomic E-state index is -0.631. The number of nitrogens with zero attached hydrogens (tertiary/aromatic N) is 1. The van der Waals surface area contributed by atoms with Gasteiger partial charge in [-0.3, -0.25) is 0 Å². The molecule has 0 fully saturated rings. The molecule has 3 N–H and O–H groups in total. The summed E-state index contributed by atoms with van der Waals surface area (Å²) in [4.78, 5) is 10.7. The maximum Gasteiger partial charge on any atom is 0.332 e. The second-order valence-electron chi connectivity index (χ2n) is 3.86. The first-order chi connectivity index (χ1) is 8.24. The molecule has 0 aromatic heterocycles. The minimum Gasteiger partial charge on any atom is -0.350 e. The van der Waals surface area contributed by atoms with Crippen LogP contribution >= 0.6 is 0 Å². The van der Waals surface area contributed by atoms with E-state index < -0.39 is 6.03 Å². The van der Waals surface area contributed by atoms with Gasteiger partial charge in [-0.25, -0.2) is 10.2 Å². The zero-order valence-electron chi connectivity index (χ0n) is 10.1. The quantitative estimate of drug-likeness (QED) is 0.442. The highest BCUT2D eigenvalue weighted by molar-refractivity contribution is 6.00. The Bertz CT molecular complexity index is 374. The van der Waals surface area contributed by atoms with E-state index in [2.05, 4.69) is 17.5 Å². The number of hydrazone groups is 1. The van der Waals surface area contributed by atoms with Gasteiger partial charge in [0, 0.05) is 0 Å². The number of carbonyl (C=O) groups is 1. The van der Waals surface area contributed by atoms with E-state index in [0.29, 0.717) is 0 Å². The predicted molar refractivity (Wildman–Crippen MR) is 69.8 cm³/mol. The number of unbranched alkanes of at least 4 members (excludes halogenated alkanes) is 2. The van der Waals surface area contributed by atoms with Gasteiger partial charge in [-0.1, -0.05) is 50.1 Å². The number of primary amides is 1. The van der Waals surface area contributed by atoms with E-state index in [4.69, 9.17) is 5.73 Å². The summed E-state index contributed by atoms with van der Waals surface area (Å²) < 4.78 is 0. The molecule has 4 nitrogen and oxygen atoms in total. The fraction of sp³-hybridized carbons (Fsp3) is 0.385. The molecule has 0 saturated carbocycles. The monoisotopic (exact) mass is 233 g/mol. The fourth-order valence-electron chi connectivity index (χ4n) is 1.56. The van der Waals surface area contributed by atoms with Gasteiger partial charge in [-0.05, 0) is 18.4 Å². The van der Waals surface area contributed by atoms with Crippen molar-refractivity contribution < 1.29 is 4.79 Å². The summed E-state index contributed by atoms with van der Waals surface area (Å²) in [6.07, 6.45) is 4.22. The molecule has 0 heterocycles. The van der Waals surface area contributed by atoms with Crippen molar-refractivity contribution in [3.63, 3.8) is 0 Å². The first kappa shape index (κ1) is 13.2. The van der Waals surface area contributed by atoms with E-state index in [1.165, 1.54) is 0 Å². The van der Waals surface area contributed by atoms with Crippen LogP contribution in [0, 0.1) is 0 Å². The van der Waals surface area contributed by atoms with Crippen LogP contribution < -0.4 is 11.2 Å². The molecule has 2 amide bonds. The van der Waals surface area contributed by atoms with Crippen molar-refractivity contribution in [1.29, 1.82) is 0 Å². The summed E-state index contributed by atoms with van der Waals surface area (Å²) in [5.74, 6) is 0. The van der Waals surface area contributed by atoms with E-state index in [0.717, 1.165) is 37.0 Å². The van der Waals surface area contributed by atoms with Gasteiger partial charge in [0.15, 0.2) is 0 Å². The largest absolute Gasteiger partial charge is 0.350 e. The van der Waals surface area contributed by atoms with Crippen molar-refractivity contribution >= 4 is 11.7 Å². The number of hydrogen-bond acceptors (Lipinski definition) is 2. The Morgan fingerprint density at radius 1 is 1.29 bits per heavy atom. The lowest BCUT2D eigenvalue weighted by molar-refractivity contribution is 0.249. The summed E-state index contributed by atoms with van der Waals surface area (Å²) in [5, 5.41) is 4.06. The molecular formula is C13H19N3O. The third kappa shape index (κ3) is 5.15. The lowest BCUT2D eigenvalue weighted by atomic mass is 10.0. The average Bonchev–Trinajstić information content (AvgIpc) is 2.34. The van der Waals surface area contributed by atoms with Crippen LogP contribution in [0.3, 0.4) is 0 Å². The molecule has 0 radical (unpaired) electrons. The summed E-state index contributed by atoms with van der Waals surface area (Å²) in [5.41, 5.74) is 9.21. The van der Waals surface area contributed by atoms with Crippen LogP contribution in [0.1, 0.15) is 38.2 Å². The Hall–Kier alpha value is -1.84. The number of hydrogen-bond donors (Lipinski definition) is 2. The standard InChI is InChI=1S/C13H19N3O/c1-2-3-5-10-12(15-16-13(14)17)11-8-6-4-7-9-11/h4,6-9H,2-3,5,10H2,1H3,(H3,14,16,17)/b15-12+. The van der Waals surface area contributed by atoms with E-state index in [1.807, 2.05) is 30.3 Å². The number of rotatable bonds is 6. The Morgan fingerprint density at radius 2 is 2.00 bits per heavy atom. The molecule has 0 bridgehead atoms. The highest BCUT2D eigenvalue weighted by Gasteiger charge is 2.03. The van der Waals surface area contributed by atoms with Gasteiger partial charge in [0.2, 0.25) is 0 Å². The van der Waals surface area contributed by atoms with Gasteiger partial charge < -0.3 is 5.73 Å². The molecule has 0 aliphatic rings. The minimum absolute atomic E-state index is 0.631. The van der Waals surface area contributed by atoms with E-state index in [-0.39, 0.29) is 0 Å². The number of nitrogens with one attached hydrogen (secondary N) is 1. The molecule has 1 rings (SSSR count). The highest BCUT2D eigenvalue weighted by atomic mass is 16.2. The summed E-state index contributed by atoms with van der Waals surface area (Å²) in [6.45, 7) is 2.15. The van der Waals surface area contributed by atoms with Crippen molar-refractivity contribution in [3.05, 3.63) is 35.9 Å². The Labute approximate surface area is 102 Å². The molecule has 0 aliphatic heterocycles. The SMILES string of the molecule is CCCCC/C(=N\NC(N)=O)c1ccccc1. The third-order valence-electron chi connectivity index (χ3n) is 2.43. The molecule has 0 saturated heterocycles. The molecular weight excluding hydrogens is 214 g/mol. The average molecular weight is 233 g/mol. The molecule has 0 spiro atoms. The van der Waals surface area contributed by atoms with Crippen LogP contribution in [0.2, 0.25) is 0 Å². The second-order valence-corrected chi connectivity index (χ2v) is 3.86. The lowest BCUT2D eigenvalue weighted by Crippen LogP contribution is -2.26. The highest BCUT2D eigenvalue weighted by Crippen LogP contribution is 2.08. The van der Waals surface area contributed by atoms with Gasteiger partial charge >= 0.3 is 6.03 Å². The molecule has 0 atom stereocenters. The van der Waals surface area contributed by atoms with Crippen molar-refractivity contribution in [2.75, 3.05) is 0 Å². The van der Waals surface area contributed by atoms with Crippen molar-refractivity contribution in [2.24, 2.45) is 10.8 Å². The van der Waals surface area contributed by atoms with Crippen LogP contribution in [-0.4, -0.2) is 11.7 Å². The summed E-state index contributed by atoms with van der Waals surface area (Å²) in [6, 6.07) is 9.19. The van der Waals surface area contributed by atoms with Gasteiger partial charge in [-0.2, -0.15) is 5.10 Å². The van der Waals surface area contributed by atoms with Gasteiger partial charge in [0.05, 0.1) is 5.71 Å². The number of carbonyl (C=O) groups excluding carboxylic acids is 1. The lowest BCUT2D eigenvalue weighted by Gasteiger charge is -2.06. The van der Waals surface area contributed by atoms with Crippen molar-refractivity contribution in [1.82, 2.24) is 5.43 Å². The molecule has 4 heteroatoms. The third-order valence-corrected chi connectivity index (χ3v) is 2.43. The molecule has 1 aromatic rings. The van der Waals surface area contributed by atoms with Gasteiger partial charge in [0.25, 0.3) is 0 Å². The zero-order chi connectivity index (χ0) is 12.5. The number of nitrogens with two attached hydrogens (primary N) is 1. The van der Waals surface area contributed by atoms with Gasteiger partial charge in [-0.15, -0.1) is 0 Å². The predicted octanol–water partition coefficient (Wildman–Crippen LogP) is 2.64. The normalized spacial score (nSPS) is 11.2. The van der Waals surface area contributed by atoms with Crippen molar-refractivity contribution in [2.45, 2.75) is 32.6 Å². The number of urea groups is 1. The molecule has 0 unspecified atom stereocenters. The van der Waals surface area contributed by atoms with E-state index in [9.17, 15) is 4.79 Å². The molecule has 17 heavy (non-hydrogen) atoms. The van der Waals surface area contributed by atoms with Crippen LogP contribution in [-0.2, 0) is 0 Å². The zero-order valence-corrected chi connectivity index (χ0v) is 10.1. The maximum atomic E-state index is 10.7. The molecule has 1 aromatic carbocycles. The van der Waals surface area contributed by atoms with E-state index >= 15 is 0 Å². The second kappa shape index (κ2) is 7.44. The van der Waals surface area contributed by atoms with Crippen molar-refractivity contribution in [3.8, 4) is 0 Å². The number of benzene rings is 1. The van der Waals surface area contributed by atoms with Crippen LogP contribution in [0.15, 0.2) is 35.4 Å². The Kier molecular flexibility index (Phi) is 5.79.